The summed E-state index contributed by atoms with van der Waals surface area (Å²) in [6.45, 7) is 0.595. The minimum Gasteiger partial charge on any atom is -0.360 e. The van der Waals surface area contributed by atoms with Crippen molar-refractivity contribution in [2.45, 2.75) is 50.1 Å². The molecule has 2 aromatic rings. The second-order valence-corrected chi connectivity index (χ2v) is 9.61. The van der Waals surface area contributed by atoms with Gasteiger partial charge in [0.25, 0.3) is 10.2 Å². The van der Waals surface area contributed by atoms with Crippen molar-refractivity contribution in [1.29, 1.82) is 0 Å². The van der Waals surface area contributed by atoms with Gasteiger partial charge in [0.1, 0.15) is 0 Å². The summed E-state index contributed by atoms with van der Waals surface area (Å²) < 4.78 is 74.5. The lowest BCUT2D eigenvalue weighted by atomic mass is 9.92. The Kier molecular flexibility index (Phi) is 3.94. The van der Waals surface area contributed by atoms with Crippen molar-refractivity contribution >= 4 is 10.2 Å². The molecule has 0 radical (unpaired) electrons. The fraction of sp³-hybridized carbons (Fsp3) is 0.688. The molecule has 2 aromatic heterocycles. The molecular formula is C16H18F3N5O4S. The van der Waals surface area contributed by atoms with E-state index in [1.807, 2.05) is 0 Å². The molecule has 3 fully saturated rings. The summed E-state index contributed by atoms with van der Waals surface area (Å²) in [7, 11) is -3.72. The molecule has 1 atom stereocenters. The van der Waals surface area contributed by atoms with Crippen molar-refractivity contribution in [1.82, 2.24) is 19.6 Å². The van der Waals surface area contributed by atoms with Crippen molar-refractivity contribution in [3.05, 3.63) is 17.3 Å². The van der Waals surface area contributed by atoms with Gasteiger partial charge < -0.3 is 9.05 Å². The first-order valence-corrected chi connectivity index (χ1v) is 10.8. The second kappa shape index (κ2) is 6.01. The van der Waals surface area contributed by atoms with Gasteiger partial charge in [-0.1, -0.05) is 10.3 Å². The molecule has 9 nitrogen and oxygen atoms in total. The maximum absolute atomic E-state index is 13.4. The number of nitrogens with zero attached hydrogens (tertiary/aromatic N) is 4. The third-order valence-electron chi connectivity index (χ3n) is 6.17. The number of rotatable bonds is 4. The van der Waals surface area contributed by atoms with E-state index in [1.54, 1.807) is 0 Å². The molecule has 0 unspecified atom stereocenters. The lowest BCUT2D eigenvalue weighted by Crippen LogP contribution is -2.43. The number of hydrogen-bond acceptors (Lipinski definition) is 7. The van der Waals surface area contributed by atoms with E-state index in [2.05, 4.69) is 15.3 Å². The Morgan fingerprint density at radius 2 is 1.83 bits per heavy atom. The third kappa shape index (κ3) is 3.24. The van der Waals surface area contributed by atoms with Crippen molar-refractivity contribution in [3.8, 4) is 11.4 Å². The van der Waals surface area contributed by atoms with Crippen LogP contribution in [0.2, 0.25) is 0 Å². The van der Waals surface area contributed by atoms with Crippen molar-refractivity contribution in [2.75, 3.05) is 13.1 Å². The van der Waals surface area contributed by atoms with Gasteiger partial charge in [-0.25, -0.2) is 5.14 Å². The Labute approximate surface area is 163 Å². The monoisotopic (exact) mass is 433 g/mol. The summed E-state index contributed by atoms with van der Waals surface area (Å²) in [6, 6.07) is 0. The molecule has 0 amide bonds. The smallest absolute Gasteiger partial charge is 0.360 e. The van der Waals surface area contributed by atoms with Crippen LogP contribution in [0.4, 0.5) is 13.2 Å². The average Bonchev–Trinajstić information content (AvgIpc) is 3.48. The number of aromatic nitrogens is 3. The molecule has 1 spiro atoms. The van der Waals surface area contributed by atoms with Gasteiger partial charge in [-0.2, -0.15) is 30.9 Å². The zero-order valence-corrected chi connectivity index (χ0v) is 16.0. The average molecular weight is 433 g/mol. The Hall–Kier alpha value is -1.99. The Morgan fingerprint density at radius 1 is 1.14 bits per heavy atom. The molecule has 5 rings (SSSR count). The number of piperidine rings is 1. The summed E-state index contributed by atoms with van der Waals surface area (Å²) in [5.74, 6) is 0.0339. The van der Waals surface area contributed by atoms with E-state index >= 15 is 0 Å². The molecule has 3 heterocycles. The van der Waals surface area contributed by atoms with E-state index < -0.39 is 22.1 Å². The first kappa shape index (κ1) is 19.0. The van der Waals surface area contributed by atoms with Gasteiger partial charge in [0.2, 0.25) is 11.7 Å². The SMILES string of the molecule is NS(=O)(=O)N1CCC2(CC1)C[C@H]2c1nc(-c2c(C(F)(F)F)noc2C2CC2)no1. The van der Waals surface area contributed by atoms with Crippen LogP contribution < -0.4 is 5.14 Å². The molecule has 2 aliphatic carbocycles. The lowest BCUT2D eigenvalue weighted by molar-refractivity contribution is -0.142. The number of halogens is 3. The first-order valence-electron chi connectivity index (χ1n) is 9.27. The first-order chi connectivity index (χ1) is 13.6. The minimum atomic E-state index is -4.69. The Balaban J connectivity index is 1.39. The molecule has 1 aliphatic heterocycles. The quantitative estimate of drug-likeness (QED) is 0.784. The predicted molar refractivity (Wildman–Crippen MR) is 90.5 cm³/mol. The van der Waals surface area contributed by atoms with E-state index in [9.17, 15) is 21.6 Å². The highest BCUT2D eigenvalue weighted by Crippen LogP contribution is 2.64. The fourth-order valence-electron chi connectivity index (χ4n) is 4.25. The van der Waals surface area contributed by atoms with Crippen molar-refractivity contribution in [2.24, 2.45) is 10.6 Å². The third-order valence-corrected chi connectivity index (χ3v) is 7.25. The zero-order valence-electron chi connectivity index (χ0n) is 15.1. The van der Waals surface area contributed by atoms with Crippen LogP contribution in [-0.4, -0.2) is 41.1 Å². The maximum atomic E-state index is 13.4. The Morgan fingerprint density at radius 3 is 2.41 bits per heavy atom. The summed E-state index contributed by atoms with van der Waals surface area (Å²) in [4.78, 5) is 4.24. The van der Waals surface area contributed by atoms with E-state index in [-0.39, 0.29) is 40.3 Å². The van der Waals surface area contributed by atoms with Crippen molar-refractivity contribution < 1.29 is 30.6 Å². The summed E-state index contributed by atoms with van der Waals surface area (Å²) in [5, 5.41) is 12.2. The number of hydrogen-bond donors (Lipinski definition) is 1. The van der Waals surface area contributed by atoms with Crippen LogP contribution in [0.25, 0.3) is 11.4 Å². The minimum absolute atomic E-state index is 0.106. The van der Waals surface area contributed by atoms with E-state index in [0.29, 0.717) is 25.9 Å². The van der Waals surface area contributed by atoms with Gasteiger partial charge in [0.15, 0.2) is 11.5 Å². The second-order valence-electron chi connectivity index (χ2n) is 8.06. The van der Waals surface area contributed by atoms with Crippen LogP contribution in [0.15, 0.2) is 9.05 Å². The van der Waals surface area contributed by atoms with Gasteiger partial charge in [-0.3, -0.25) is 0 Å². The van der Waals surface area contributed by atoms with Gasteiger partial charge in [-0.15, -0.1) is 0 Å². The van der Waals surface area contributed by atoms with Crippen LogP contribution in [0.3, 0.4) is 0 Å². The van der Waals surface area contributed by atoms with Crippen LogP contribution in [0.1, 0.15) is 61.3 Å². The normalized spacial score (nSPS) is 24.9. The molecule has 1 saturated heterocycles. The highest BCUT2D eigenvalue weighted by atomic mass is 32.2. The van der Waals surface area contributed by atoms with Crippen LogP contribution in [-0.2, 0) is 16.4 Å². The standard InChI is InChI=1S/C16H18F3N5O4S/c17-16(18,19)12-10(11(27-22-12)8-1-2-8)13-21-14(28-23-13)9-7-15(9)3-5-24(6-4-15)29(20,25)26/h8-9H,1-7H2,(H2,20,25,26)/t9-/m0/s1. The molecule has 2 saturated carbocycles. The molecule has 29 heavy (non-hydrogen) atoms. The molecule has 3 aliphatic rings. The summed E-state index contributed by atoms with van der Waals surface area (Å²) >= 11 is 0. The van der Waals surface area contributed by atoms with Crippen LogP contribution in [0, 0.1) is 5.41 Å². The van der Waals surface area contributed by atoms with Gasteiger partial charge in [0, 0.05) is 24.9 Å². The maximum Gasteiger partial charge on any atom is 0.437 e. The van der Waals surface area contributed by atoms with E-state index in [4.69, 9.17) is 14.2 Å². The van der Waals surface area contributed by atoms with Gasteiger partial charge in [-0.05, 0) is 37.5 Å². The number of alkyl halides is 3. The van der Waals surface area contributed by atoms with Crippen LogP contribution in [0.5, 0.6) is 0 Å². The molecule has 0 bridgehead atoms. The predicted octanol–water partition coefficient (Wildman–Crippen LogP) is 2.39. The molecule has 158 valence electrons. The summed E-state index contributed by atoms with van der Waals surface area (Å²) in [5.41, 5.74) is -1.56. The zero-order chi connectivity index (χ0) is 20.6. The molecular weight excluding hydrogens is 415 g/mol. The van der Waals surface area contributed by atoms with Crippen LogP contribution >= 0.6 is 0 Å². The lowest BCUT2D eigenvalue weighted by Gasteiger charge is -2.30. The highest BCUT2D eigenvalue weighted by Gasteiger charge is 2.59. The van der Waals surface area contributed by atoms with E-state index in [0.717, 1.165) is 19.3 Å². The Bertz CT molecular complexity index is 1050. The highest BCUT2D eigenvalue weighted by molar-refractivity contribution is 7.86. The van der Waals surface area contributed by atoms with Gasteiger partial charge >= 0.3 is 6.18 Å². The largest absolute Gasteiger partial charge is 0.437 e. The summed E-state index contributed by atoms with van der Waals surface area (Å²) in [6.07, 6.45) is -1.33. The van der Waals surface area contributed by atoms with Gasteiger partial charge in [0.05, 0.1) is 5.56 Å². The molecule has 2 N–H and O–H groups in total. The number of nitrogens with two attached hydrogens (primary N) is 1. The van der Waals surface area contributed by atoms with E-state index in [1.165, 1.54) is 4.31 Å². The fourth-order valence-corrected chi connectivity index (χ4v) is 4.94. The topological polar surface area (TPSA) is 128 Å². The van der Waals surface area contributed by atoms with Crippen molar-refractivity contribution in [3.63, 3.8) is 0 Å². The molecule has 13 heteroatoms. The molecule has 0 aromatic carbocycles.